The predicted octanol–water partition coefficient (Wildman–Crippen LogP) is 3.90. The van der Waals surface area contributed by atoms with Crippen molar-refractivity contribution in [2.24, 2.45) is 0 Å². The molecule has 1 fully saturated rings. The fourth-order valence-corrected chi connectivity index (χ4v) is 4.70. The smallest absolute Gasteiger partial charge is 0.248 e. The highest BCUT2D eigenvalue weighted by molar-refractivity contribution is 5.96. The first-order valence-electron chi connectivity index (χ1n) is 12.7. The molecule has 1 saturated heterocycles. The number of anilines is 1. The molecule has 2 heterocycles. The quantitative estimate of drug-likeness (QED) is 0.370. The Morgan fingerprint density at radius 2 is 1.79 bits per heavy atom. The van der Waals surface area contributed by atoms with Crippen LogP contribution >= 0.6 is 0 Å². The minimum atomic E-state index is -0.847. The number of hydrogen-bond donors (Lipinski definition) is 3. The molecule has 0 spiro atoms. The van der Waals surface area contributed by atoms with Gasteiger partial charge in [0, 0.05) is 25.2 Å². The van der Waals surface area contributed by atoms with E-state index in [-0.39, 0.29) is 17.8 Å². The first kappa shape index (κ1) is 27.4. The van der Waals surface area contributed by atoms with Gasteiger partial charge in [-0.05, 0) is 42.5 Å². The van der Waals surface area contributed by atoms with Crippen LogP contribution in [0, 0.1) is 11.6 Å². The molecule has 1 unspecified atom stereocenters. The maximum atomic E-state index is 13.4. The first-order valence-corrected chi connectivity index (χ1v) is 12.7. The van der Waals surface area contributed by atoms with Crippen LogP contribution in [0.5, 0.6) is 0 Å². The lowest BCUT2D eigenvalue weighted by Crippen LogP contribution is -2.44. The van der Waals surface area contributed by atoms with E-state index >= 15 is 0 Å². The second kappa shape index (κ2) is 12.3. The van der Waals surface area contributed by atoms with Crippen molar-refractivity contribution in [1.82, 2.24) is 15.4 Å². The number of aliphatic hydroxyl groups is 1. The number of likely N-dealkylation sites (tertiary alicyclic amines) is 1. The lowest BCUT2D eigenvalue weighted by atomic mass is 9.84. The van der Waals surface area contributed by atoms with Crippen molar-refractivity contribution in [2.75, 3.05) is 18.4 Å². The van der Waals surface area contributed by atoms with Crippen LogP contribution in [0.1, 0.15) is 49.5 Å². The largest absolute Gasteiger partial charge is 0.385 e. The summed E-state index contributed by atoms with van der Waals surface area (Å²) in [5.41, 5.74) is 0.248. The molecule has 3 N–H and O–H groups in total. The predicted molar refractivity (Wildman–Crippen MR) is 137 cm³/mol. The third-order valence-electron chi connectivity index (χ3n) is 6.70. The summed E-state index contributed by atoms with van der Waals surface area (Å²) in [6, 6.07) is 13.3. The molecule has 2 aromatic carbocycles. The lowest BCUT2D eigenvalue weighted by Gasteiger charge is -2.38. The molecule has 0 aliphatic carbocycles. The Hall–Kier alpha value is -3.63. The molecule has 202 valence electrons. The lowest BCUT2D eigenvalue weighted by molar-refractivity contribution is -0.126. The monoisotopic (exact) mass is 526 g/mol. The van der Waals surface area contributed by atoms with Crippen molar-refractivity contribution in [3.63, 3.8) is 0 Å². The summed E-state index contributed by atoms with van der Waals surface area (Å²) < 4.78 is 32.2. The van der Waals surface area contributed by atoms with Crippen molar-refractivity contribution in [2.45, 2.75) is 57.2 Å². The molecule has 4 rings (SSSR count). The number of amides is 2. The SMILES string of the molecule is CCCC(NC(=O)Cc1cc(F)cc(F)c1)C(=O)Nc1cc(CN2CCC(O)(c3ccccc3)CC2)on1. The number of rotatable bonds is 10. The average Bonchev–Trinajstić information content (AvgIpc) is 3.31. The fraction of sp³-hybridized carbons (Fsp3) is 0.393. The van der Waals surface area contributed by atoms with Crippen molar-refractivity contribution in [3.05, 3.63) is 83.1 Å². The van der Waals surface area contributed by atoms with Gasteiger partial charge in [0.15, 0.2) is 11.6 Å². The van der Waals surface area contributed by atoms with Crippen molar-refractivity contribution in [3.8, 4) is 0 Å². The van der Waals surface area contributed by atoms with Gasteiger partial charge in [0.2, 0.25) is 11.8 Å². The average molecular weight is 527 g/mol. The Bertz CT molecular complexity index is 1220. The summed E-state index contributed by atoms with van der Waals surface area (Å²) in [4.78, 5) is 27.4. The van der Waals surface area contributed by atoms with Gasteiger partial charge in [-0.15, -0.1) is 0 Å². The van der Waals surface area contributed by atoms with Crippen LogP contribution in [0.2, 0.25) is 0 Å². The highest BCUT2D eigenvalue weighted by Gasteiger charge is 2.34. The highest BCUT2D eigenvalue weighted by Crippen LogP contribution is 2.33. The van der Waals surface area contributed by atoms with E-state index in [2.05, 4.69) is 20.7 Å². The first-order chi connectivity index (χ1) is 18.2. The van der Waals surface area contributed by atoms with E-state index in [1.165, 1.54) is 0 Å². The van der Waals surface area contributed by atoms with Gasteiger partial charge in [-0.25, -0.2) is 8.78 Å². The van der Waals surface area contributed by atoms with Gasteiger partial charge in [-0.3, -0.25) is 14.5 Å². The van der Waals surface area contributed by atoms with E-state index in [0.717, 1.165) is 23.8 Å². The number of hydrogen-bond acceptors (Lipinski definition) is 6. The summed E-state index contributed by atoms with van der Waals surface area (Å²) in [5, 5.41) is 20.3. The van der Waals surface area contributed by atoms with Gasteiger partial charge in [0.1, 0.15) is 17.7 Å². The maximum Gasteiger partial charge on any atom is 0.248 e. The highest BCUT2D eigenvalue weighted by atomic mass is 19.1. The van der Waals surface area contributed by atoms with Gasteiger partial charge >= 0.3 is 0 Å². The summed E-state index contributed by atoms with van der Waals surface area (Å²) in [5.74, 6) is -1.73. The molecule has 38 heavy (non-hydrogen) atoms. The fourth-order valence-electron chi connectivity index (χ4n) is 4.70. The zero-order chi connectivity index (χ0) is 27.1. The Labute approximate surface area is 220 Å². The van der Waals surface area contributed by atoms with Crippen LogP contribution in [-0.4, -0.2) is 46.1 Å². The number of aromatic nitrogens is 1. The Balaban J connectivity index is 1.29. The molecular weight excluding hydrogens is 494 g/mol. The van der Waals surface area contributed by atoms with Gasteiger partial charge in [0.05, 0.1) is 18.6 Å². The van der Waals surface area contributed by atoms with Crippen molar-refractivity contribution < 1.29 is 28.0 Å². The third-order valence-corrected chi connectivity index (χ3v) is 6.70. The number of halogens is 2. The van der Waals surface area contributed by atoms with Gasteiger partial charge in [-0.1, -0.05) is 48.8 Å². The second-order valence-corrected chi connectivity index (χ2v) is 9.70. The van der Waals surface area contributed by atoms with E-state index in [1.807, 2.05) is 37.3 Å². The molecule has 1 aromatic heterocycles. The molecule has 0 bridgehead atoms. The van der Waals surface area contributed by atoms with Crippen LogP contribution in [0.15, 0.2) is 59.1 Å². The zero-order valence-electron chi connectivity index (χ0n) is 21.3. The number of piperidine rings is 1. The van der Waals surface area contributed by atoms with E-state index in [4.69, 9.17) is 4.52 Å². The molecule has 2 amide bonds. The molecule has 8 nitrogen and oxygen atoms in total. The summed E-state index contributed by atoms with van der Waals surface area (Å²) in [6.07, 6.45) is 1.93. The summed E-state index contributed by atoms with van der Waals surface area (Å²) in [7, 11) is 0. The van der Waals surface area contributed by atoms with E-state index in [1.54, 1.807) is 6.07 Å². The molecule has 10 heteroatoms. The number of nitrogens with one attached hydrogen (secondary N) is 2. The molecule has 1 atom stereocenters. The molecule has 1 aliphatic heterocycles. The zero-order valence-corrected chi connectivity index (χ0v) is 21.3. The number of carbonyl (C=O) groups is 2. The molecule has 0 saturated carbocycles. The van der Waals surface area contributed by atoms with Crippen LogP contribution in [0.4, 0.5) is 14.6 Å². The minimum absolute atomic E-state index is 0.178. The van der Waals surface area contributed by atoms with Gasteiger partial charge < -0.3 is 20.3 Å². The normalized spacial score (nSPS) is 16.1. The van der Waals surface area contributed by atoms with Crippen LogP contribution in [0.3, 0.4) is 0 Å². The second-order valence-electron chi connectivity index (χ2n) is 9.70. The van der Waals surface area contributed by atoms with Gasteiger partial charge in [0.25, 0.3) is 0 Å². The standard InChI is InChI=1S/C28H32F2N4O4/c1-2-6-24(31-26(35)15-19-13-21(29)16-22(30)14-19)27(36)32-25-17-23(38-33-25)18-34-11-9-28(37,10-12-34)20-7-4-3-5-8-20/h3-5,7-8,13-14,16-17,24,37H,2,6,9-12,15,18H2,1H3,(H,31,35)(H,32,33,36). The maximum absolute atomic E-state index is 13.4. The van der Waals surface area contributed by atoms with E-state index in [9.17, 15) is 23.5 Å². The van der Waals surface area contributed by atoms with Crippen molar-refractivity contribution >= 4 is 17.6 Å². The van der Waals surface area contributed by atoms with Crippen LogP contribution < -0.4 is 10.6 Å². The number of benzene rings is 2. The Morgan fingerprint density at radius 3 is 2.45 bits per heavy atom. The van der Waals surface area contributed by atoms with Gasteiger partial charge in [-0.2, -0.15) is 0 Å². The van der Waals surface area contributed by atoms with Crippen LogP contribution in [-0.2, 0) is 28.2 Å². The molecule has 3 aromatic rings. The molecule has 0 radical (unpaired) electrons. The molecular formula is C28H32F2N4O4. The Kier molecular flexibility index (Phi) is 8.85. The van der Waals surface area contributed by atoms with E-state index in [0.29, 0.717) is 51.1 Å². The topological polar surface area (TPSA) is 108 Å². The summed E-state index contributed by atoms with van der Waals surface area (Å²) >= 11 is 0. The number of carbonyl (C=O) groups excluding carboxylic acids is 2. The van der Waals surface area contributed by atoms with Crippen LogP contribution in [0.25, 0.3) is 0 Å². The van der Waals surface area contributed by atoms with E-state index < -0.39 is 35.1 Å². The summed E-state index contributed by atoms with van der Waals surface area (Å²) in [6.45, 7) is 3.70. The Morgan fingerprint density at radius 1 is 1.11 bits per heavy atom. The number of nitrogens with zero attached hydrogens (tertiary/aromatic N) is 2. The van der Waals surface area contributed by atoms with Crippen molar-refractivity contribution in [1.29, 1.82) is 0 Å². The third kappa shape index (κ3) is 7.23. The minimum Gasteiger partial charge on any atom is -0.385 e. The molecule has 1 aliphatic rings.